The van der Waals surface area contributed by atoms with E-state index < -0.39 is 17.5 Å². The van der Waals surface area contributed by atoms with Crippen LogP contribution in [0.2, 0.25) is 0 Å². The number of nitriles is 2. The first-order valence-corrected chi connectivity index (χ1v) is 6.18. The van der Waals surface area contributed by atoms with Crippen molar-refractivity contribution in [3.8, 4) is 34.8 Å². The predicted molar refractivity (Wildman–Crippen MR) is 76.0 cm³/mol. The second-order valence-electron chi connectivity index (χ2n) is 4.53. The number of hydrogen-bond donors (Lipinski definition) is 3. The maximum atomic E-state index is 10.7. The molecule has 0 heterocycles. The van der Waals surface area contributed by atoms with E-state index in [1.165, 1.54) is 0 Å². The zero-order valence-electron chi connectivity index (χ0n) is 11.2. The van der Waals surface area contributed by atoms with Gasteiger partial charge in [0.15, 0.2) is 11.5 Å². The highest BCUT2D eigenvalue weighted by Gasteiger charge is 2.19. The minimum atomic E-state index is -0.967. The van der Waals surface area contributed by atoms with Crippen molar-refractivity contribution in [3.05, 3.63) is 47.0 Å². The molecule has 108 valence electrons. The van der Waals surface area contributed by atoms with Crippen molar-refractivity contribution in [1.29, 1.82) is 10.5 Å². The Morgan fingerprint density at radius 2 is 1.73 bits per heavy atom. The average molecular weight is 294 g/mol. The lowest BCUT2D eigenvalue weighted by Gasteiger charge is -2.10. The Balaban J connectivity index is 2.62. The first-order chi connectivity index (χ1) is 10.5. The SMILES string of the molecule is N#Cc1cc(O)c(O)c(C#N)c1-c1ccc(CC(=O)O)cc1. The lowest BCUT2D eigenvalue weighted by Crippen LogP contribution is -1.99. The van der Waals surface area contributed by atoms with E-state index in [1.807, 2.05) is 6.07 Å². The van der Waals surface area contributed by atoms with Gasteiger partial charge < -0.3 is 15.3 Å². The average Bonchev–Trinajstić information content (AvgIpc) is 2.49. The van der Waals surface area contributed by atoms with Crippen LogP contribution in [0.1, 0.15) is 16.7 Å². The molecule has 0 aliphatic heterocycles. The molecule has 0 unspecified atom stereocenters. The topological polar surface area (TPSA) is 125 Å². The number of carboxylic acids is 1. The molecule has 0 saturated heterocycles. The number of hydrogen-bond acceptors (Lipinski definition) is 5. The van der Waals surface area contributed by atoms with Gasteiger partial charge in [-0.3, -0.25) is 4.79 Å². The fourth-order valence-electron chi connectivity index (χ4n) is 2.12. The maximum absolute atomic E-state index is 10.7. The Hall–Kier alpha value is -3.51. The summed E-state index contributed by atoms with van der Waals surface area (Å²) in [7, 11) is 0. The second kappa shape index (κ2) is 5.86. The third-order valence-electron chi connectivity index (χ3n) is 3.11. The van der Waals surface area contributed by atoms with E-state index >= 15 is 0 Å². The maximum Gasteiger partial charge on any atom is 0.307 e. The van der Waals surface area contributed by atoms with E-state index in [0.717, 1.165) is 6.07 Å². The molecule has 6 nitrogen and oxygen atoms in total. The monoisotopic (exact) mass is 294 g/mol. The molecule has 2 aromatic rings. The quantitative estimate of drug-likeness (QED) is 0.744. The standard InChI is InChI=1S/C16H10N2O4/c17-7-11-6-13(19)16(22)12(8-18)15(11)10-3-1-9(2-4-10)5-14(20)21/h1-4,6,19,22H,5H2,(H,20,21). The lowest BCUT2D eigenvalue weighted by atomic mass is 9.93. The first-order valence-electron chi connectivity index (χ1n) is 6.18. The minimum absolute atomic E-state index is 0.0397. The number of phenols is 2. The van der Waals surface area contributed by atoms with Crippen LogP contribution in [0.15, 0.2) is 30.3 Å². The molecule has 2 rings (SSSR count). The molecule has 0 aliphatic rings. The van der Waals surface area contributed by atoms with Crippen molar-refractivity contribution in [2.75, 3.05) is 0 Å². The molecule has 0 fully saturated rings. The number of aliphatic carboxylic acids is 1. The third-order valence-corrected chi connectivity index (χ3v) is 3.11. The van der Waals surface area contributed by atoms with Crippen molar-refractivity contribution >= 4 is 5.97 Å². The van der Waals surface area contributed by atoms with Gasteiger partial charge in [0, 0.05) is 11.6 Å². The summed E-state index contributed by atoms with van der Waals surface area (Å²) in [6.07, 6.45) is -0.142. The van der Waals surface area contributed by atoms with Crippen LogP contribution in [0.3, 0.4) is 0 Å². The number of phenolic OH excluding ortho intramolecular Hbond substituents is 2. The molecular formula is C16H10N2O4. The summed E-state index contributed by atoms with van der Waals surface area (Å²) in [6, 6.07) is 11.0. The van der Waals surface area contributed by atoms with Gasteiger partial charge in [-0.1, -0.05) is 24.3 Å². The summed E-state index contributed by atoms with van der Waals surface area (Å²) in [5.41, 5.74) is 1.07. The number of carbonyl (C=O) groups is 1. The van der Waals surface area contributed by atoms with Gasteiger partial charge in [-0.25, -0.2) is 0 Å². The number of benzene rings is 2. The molecule has 0 radical (unpaired) electrons. The van der Waals surface area contributed by atoms with E-state index in [1.54, 1.807) is 30.3 Å². The van der Waals surface area contributed by atoms with Crippen LogP contribution in [-0.2, 0) is 11.2 Å². The summed E-state index contributed by atoms with van der Waals surface area (Å²) in [4.78, 5) is 10.7. The number of nitrogens with zero attached hydrogens (tertiary/aromatic N) is 2. The lowest BCUT2D eigenvalue weighted by molar-refractivity contribution is -0.136. The zero-order chi connectivity index (χ0) is 16.3. The highest BCUT2D eigenvalue weighted by Crippen LogP contribution is 2.39. The predicted octanol–water partition coefficient (Wildman–Crippen LogP) is 2.14. The molecule has 3 N–H and O–H groups in total. The van der Waals surface area contributed by atoms with Gasteiger partial charge in [-0.05, 0) is 11.1 Å². The molecule has 0 atom stereocenters. The molecule has 6 heteroatoms. The van der Waals surface area contributed by atoms with Crippen LogP contribution in [0.5, 0.6) is 11.5 Å². The van der Waals surface area contributed by atoms with Crippen molar-refractivity contribution in [2.45, 2.75) is 6.42 Å². The van der Waals surface area contributed by atoms with Gasteiger partial charge in [0.1, 0.15) is 11.6 Å². The van der Waals surface area contributed by atoms with Crippen LogP contribution in [0.4, 0.5) is 0 Å². The molecular weight excluding hydrogens is 284 g/mol. The minimum Gasteiger partial charge on any atom is -0.504 e. The first kappa shape index (κ1) is 14.9. The van der Waals surface area contributed by atoms with Gasteiger partial charge in [0.05, 0.1) is 18.1 Å². The van der Waals surface area contributed by atoms with Gasteiger partial charge in [-0.15, -0.1) is 0 Å². The molecule has 0 amide bonds. The van der Waals surface area contributed by atoms with Crippen molar-refractivity contribution in [1.82, 2.24) is 0 Å². The fourth-order valence-corrected chi connectivity index (χ4v) is 2.12. The van der Waals surface area contributed by atoms with Crippen molar-refractivity contribution < 1.29 is 20.1 Å². The van der Waals surface area contributed by atoms with Crippen LogP contribution in [-0.4, -0.2) is 21.3 Å². The van der Waals surface area contributed by atoms with Crippen LogP contribution in [0, 0.1) is 22.7 Å². The molecule has 22 heavy (non-hydrogen) atoms. The van der Waals surface area contributed by atoms with Crippen molar-refractivity contribution in [3.63, 3.8) is 0 Å². The molecule has 0 aromatic heterocycles. The van der Waals surface area contributed by atoms with Crippen LogP contribution in [0.25, 0.3) is 11.1 Å². The zero-order valence-corrected chi connectivity index (χ0v) is 11.2. The Morgan fingerprint density at radius 1 is 1.09 bits per heavy atom. The summed E-state index contributed by atoms with van der Waals surface area (Å²) in [5.74, 6) is -2.10. The Kier molecular flexibility index (Phi) is 3.97. The summed E-state index contributed by atoms with van der Waals surface area (Å²) in [5, 5.41) is 46.4. The van der Waals surface area contributed by atoms with E-state index in [4.69, 9.17) is 10.4 Å². The third kappa shape index (κ3) is 2.67. The summed E-state index contributed by atoms with van der Waals surface area (Å²) >= 11 is 0. The van der Waals surface area contributed by atoms with Gasteiger partial charge in [0.25, 0.3) is 0 Å². The summed E-state index contributed by atoms with van der Waals surface area (Å²) < 4.78 is 0. The molecule has 2 aromatic carbocycles. The van der Waals surface area contributed by atoms with Gasteiger partial charge >= 0.3 is 5.97 Å². The Labute approximate surface area is 125 Å². The second-order valence-corrected chi connectivity index (χ2v) is 4.53. The van der Waals surface area contributed by atoms with Crippen LogP contribution < -0.4 is 0 Å². The molecule has 0 spiro atoms. The Morgan fingerprint density at radius 3 is 2.23 bits per heavy atom. The molecule has 0 aliphatic carbocycles. The van der Waals surface area contributed by atoms with E-state index in [-0.39, 0.29) is 23.1 Å². The Bertz CT molecular complexity index is 827. The van der Waals surface area contributed by atoms with Gasteiger partial charge in [0.2, 0.25) is 0 Å². The molecule has 0 bridgehead atoms. The van der Waals surface area contributed by atoms with Crippen molar-refractivity contribution in [2.24, 2.45) is 0 Å². The summed E-state index contributed by atoms with van der Waals surface area (Å²) in [6.45, 7) is 0. The van der Waals surface area contributed by atoms with Gasteiger partial charge in [-0.2, -0.15) is 10.5 Å². The largest absolute Gasteiger partial charge is 0.504 e. The van der Waals surface area contributed by atoms with Crippen LogP contribution >= 0.6 is 0 Å². The number of aromatic hydroxyl groups is 2. The number of rotatable bonds is 3. The fraction of sp³-hybridized carbons (Fsp3) is 0.0625. The molecule has 0 saturated carbocycles. The van der Waals surface area contributed by atoms with E-state index in [9.17, 15) is 20.3 Å². The smallest absolute Gasteiger partial charge is 0.307 e. The van der Waals surface area contributed by atoms with E-state index in [0.29, 0.717) is 11.1 Å². The van der Waals surface area contributed by atoms with E-state index in [2.05, 4.69) is 0 Å². The highest BCUT2D eigenvalue weighted by molar-refractivity contribution is 5.81. The highest BCUT2D eigenvalue weighted by atomic mass is 16.4. The number of carboxylic acid groups (broad SMARTS) is 1. The normalized spacial score (nSPS) is 9.73.